The van der Waals surface area contributed by atoms with Crippen molar-refractivity contribution in [2.75, 3.05) is 6.54 Å². The highest BCUT2D eigenvalue weighted by Crippen LogP contribution is 2.37. The van der Waals surface area contributed by atoms with Crippen LogP contribution in [0.4, 0.5) is 0 Å². The molecule has 8 heteroatoms. The molecular weight excluding hydrogens is 356 g/mol. The van der Waals surface area contributed by atoms with Crippen LogP contribution in [0.25, 0.3) is 11.3 Å². The highest BCUT2D eigenvalue weighted by atomic mass is 16.5. The molecule has 4 rings (SSSR count). The molecule has 0 radical (unpaired) electrons. The van der Waals surface area contributed by atoms with Gasteiger partial charge in [-0.15, -0.1) is 0 Å². The van der Waals surface area contributed by atoms with E-state index in [2.05, 4.69) is 15.4 Å². The highest BCUT2D eigenvalue weighted by molar-refractivity contribution is 5.77. The molecular formula is C20H26N6O2. The Hall–Kier alpha value is -2.90. The Bertz CT molecular complexity index is 1030. The summed E-state index contributed by atoms with van der Waals surface area (Å²) in [6.07, 6.45) is 3.78. The summed E-state index contributed by atoms with van der Waals surface area (Å²) >= 11 is 0. The number of carbonyl (C=O) groups is 1. The summed E-state index contributed by atoms with van der Waals surface area (Å²) in [4.78, 5) is 15.1. The minimum atomic E-state index is -0.0628. The van der Waals surface area contributed by atoms with Crippen LogP contribution in [-0.2, 0) is 18.4 Å². The van der Waals surface area contributed by atoms with E-state index in [9.17, 15) is 4.79 Å². The van der Waals surface area contributed by atoms with E-state index in [1.165, 1.54) is 0 Å². The molecule has 0 aliphatic carbocycles. The molecule has 28 heavy (non-hydrogen) atoms. The zero-order valence-electron chi connectivity index (χ0n) is 17.1. The number of amides is 1. The monoisotopic (exact) mass is 382 g/mol. The fraction of sp³-hybridized carbons (Fsp3) is 0.500. The third-order valence-corrected chi connectivity index (χ3v) is 5.67. The lowest BCUT2D eigenvalue weighted by molar-refractivity contribution is -0.133. The third-order valence-electron chi connectivity index (χ3n) is 5.67. The van der Waals surface area contributed by atoms with Crippen molar-refractivity contribution in [3.63, 3.8) is 0 Å². The van der Waals surface area contributed by atoms with Crippen molar-refractivity contribution < 1.29 is 9.32 Å². The average Bonchev–Trinajstić information content (AvgIpc) is 3.41. The lowest BCUT2D eigenvalue weighted by Crippen LogP contribution is -2.34. The van der Waals surface area contributed by atoms with E-state index >= 15 is 0 Å². The molecule has 0 aromatic carbocycles. The van der Waals surface area contributed by atoms with Crippen molar-refractivity contribution in [1.82, 2.24) is 29.6 Å². The number of hydrogen-bond acceptors (Lipinski definition) is 5. The van der Waals surface area contributed by atoms with Crippen LogP contribution >= 0.6 is 0 Å². The first kappa shape index (κ1) is 18.5. The number of hydrogen-bond donors (Lipinski definition) is 0. The number of carbonyl (C=O) groups excluding carboxylic acids is 1. The standard InChI is InChI=1S/C20H26N6O2/c1-12-9-18(28-23-12)16-10-24(5)22-20(16)17-7-6-8-25(17)19(27)11-26-15(4)13(2)14(3)21-26/h9-10,17H,6-8,11H2,1-5H3/t17-/m1/s1. The van der Waals surface area contributed by atoms with Gasteiger partial charge in [-0.2, -0.15) is 10.2 Å². The Balaban J connectivity index is 1.62. The first-order valence-electron chi connectivity index (χ1n) is 9.62. The molecule has 1 aliphatic heterocycles. The molecule has 1 saturated heterocycles. The van der Waals surface area contributed by atoms with Crippen molar-refractivity contribution in [2.24, 2.45) is 7.05 Å². The Morgan fingerprint density at radius 2 is 2.04 bits per heavy atom. The van der Waals surface area contributed by atoms with Crippen molar-refractivity contribution in [1.29, 1.82) is 0 Å². The Labute approximate surface area is 164 Å². The number of aryl methyl sites for hydroxylation is 3. The largest absolute Gasteiger partial charge is 0.356 e. The van der Waals surface area contributed by atoms with Gasteiger partial charge < -0.3 is 9.42 Å². The van der Waals surface area contributed by atoms with Crippen LogP contribution in [0.2, 0.25) is 0 Å². The van der Waals surface area contributed by atoms with Gasteiger partial charge in [0.25, 0.3) is 0 Å². The van der Waals surface area contributed by atoms with Crippen LogP contribution in [-0.4, -0.2) is 42.1 Å². The van der Waals surface area contributed by atoms with Gasteiger partial charge in [-0.3, -0.25) is 14.2 Å². The van der Waals surface area contributed by atoms with Crippen LogP contribution in [0.5, 0.6) is 0 Å². The van der Waals surface area contributed by atoms with E-state index < -0.39 is 0 Å². The lowest BCUT2D eigenvalue weighted by atomic mass is 10.1. The predicted molar refractivity (Wildman–Crippen MR) is 104 cm³/mol. The minimum Gasteiger partial charge on any atom is -0.356 e. The van der Waals surface area contributed by atoms with E-state index in [1.807, 2.05) is 56.6 Å². The number of likely N-dealkylation sites (tertiary alicyclic amines) is 1. The second-order valence-electron chi connectivity index (χ2n) is 7.63. The van der Waals surface area contributed by atoms with Gasteiger partial charge in [-0.05, 0) is 46.1 Å². The summed E-state index contributed by atoms with van der Waals surface area (Å²) in [6.45, 7) is 8.89. The van der Waals surface area contributed by atoms with Crippen LogP contribution in [0, 0.1) is 27.7 Å². The number of nitrogens with zero attached hydrogens (tertiary/aromatic N) is 6. The molecule has 148 valence electrons. The third kappa shape index (κ3) is 3.12. The Kier molecular flexibility index (Phi) is 4.56. The fourth-order valence-corrected chi connectivity index (χ4v) is 3.94. The van der Waals surface area contributed by atoms with Gasteiger partial charge in [0.15, 0.2) is 5.76 Å². The smallest absolute Gasteiger partial charge is 0.244 e. The first-order chi connectivity index (χ1) is 13.3. The molecule has 0 spiro atoms. The van der Waals surface area contributed by atoms with Crippen molar-refractivity contribution in [3.05, 3.63) is 40.6 Å². The van der Waals surface area contributed by atoms with Crippen molar-refractivity contribution in [2.45, 2.75) is 53.1 Å². The topological polar surface area (TPSA) is 82.0 Å². The Morgan fingerprint density at radius 1 is 1.25 bits per heavy atom. The van der Waals surface area contributed by atoms with E-state index in [4.69, 9.17) is 4.52 Å². The van der Waals surface area contributed by atoms with E-state index in [0.29, 0.717) is 5.76 Å². The van der Waals surface area contributed by atoms with Gasteiger partial charge in [-0.25, -0.2) is 0 Å². The first-order valence-corrected chi connectivity index (χ1v) is 9.62. The van der Waals surface area contributed by atoms with Gasteiger partial charge in [0.1, 0.15) is 6.54 Å². The summed E-state index contributed by atoms with van der Waals surface area (Å²) in [5.74, 6) is 0.757. The predicted octanol–water partition coefficient (Wildman–Crippen LogP) is 2.87. The summed E-state index contributed by atoms with van der Waals surface area (Å²) < 4.78 is 9.04. The number of rotatable bonds is 4. The maximum absolute atomic E-state index is 13.1. The van der Waals surface area contributed by atoms with E-state index in [1.54, 1.807) is 4.68 Å². The zero-order valence-corrected chi connectivity index (χ0v) is 17.1. The molecule has 1 fully saturated rings. The molecule has 1 amide bonds. The molecule has 0 unspecified atom stereocenters. The average molecular weight is 382 g/mol. The molecule has 3 aromatic rings. The molecule has 8 nitrogen and oxygen atoms in total. The molecule has 0 N–H and O–H groups in total. The van der Waals surface area contributed by atoms with Gasteiger partial charge in [0.2, 0.25) is 5.91 Å². The molecule has 3 aromatic heterocycles. The number of aromatic nitrogens is 5. The van der Waals surface area contributed by atoms with Crippen molar-refractivity contribution >= 4 is 5.91 Å². The summed E-state index contributed by atoms with van der Waals surface area (Å²) in [6, 6.07) is 1.84. The van der Waals surface area contributed by atoms with Crippen LogP contribution in [0.1, 0.15) is 47.2 Å². The van der Waals surface area contributed by atoms with E-state index in [-0.39, 0.29) is 18.5 Å². The summed E-state index contributed by atoms with van der Waals surface area (Å²) in [7, 11) is 1.88. The van der Waals surface area contributed by atoms with Gasteiger partial charge in [0.05, 0.1) is 28.7 Å². The minimum absolute atomic E-state index is 0.0628. The Morgan fingerprint density at radius 3 is 2.68 bits per heavy atom. The second kappa shape index (κ2) is 6.92. The van der Waals surface area contributed by atoms with Gasteiger partial charge in [-0.1, -0.05) is 5.16 Å². The van der Waals surface area contributed by atoms with Gasteiger partial charge in [0, 0.05) is 31.5 Å². The summed E-state index contributed by atoms with van der Waals surface area (Å²) in [5.41, 5.74) is 5.74. The SMILES string of the molecule is Cc1cc(-c2cn(C)nc2[C@H]2CCCN2C(=O)Cn2nc(C)c(C)c2C)on1. The molecule has 1 atom stereocenters. The highest BCUT2D eigenvalue weighted by Gasteiger charge is 2.34. The quantitative estimate of drug-likeness (QED) is 0.693. The van der Waals surface area contributed by atoms with Gasteiger partial charge >= 0.3 is 0 Å². The maximum Gasteiger partial charge on any atom is 0.244 e. The van der Waals surface area contributed by atoms with Crippen LogP contribution in [0.15, 0.2) is 16.8 Å². The maximum atomic E-state index is 13.1. The van der Waals surface area contributed by atoms with Crippen LogP contribution < -0.4 is 0 Å². The van der Waals surface area contributed by atoms with E-state index in [0.717, 1.165) is 53.3 Å². The molecule has 0 bridgehead atoms. The summed E-state index contributed by atoms with van der Waals surface area (Å²) in [5, 5.41) is 13.2. The molecule has 4 heterocycles. The zero-order chi connectivity index (χ0) is 20.0. The molecule has 0 saturated carbocycles. The second-order valence-corrected chi connectivity index (χ2v) is 7.63. The van der Waals surface area contributed by atoms with Crippen LogP contribution in [0.3, 0.4) is 0 Å². The fourth-order valence-electron chi connectivity index (χ4n) is 3.94. The van der Waals surface area contributed by atoms with Crippen molar-refractivity contribution in [3.8, 4) is 11.3 Å². The normalized spacial score (nSPS) is 16.9. The molecule has 1 aliphatic rings. The lowest BCUT2D eigenvalue weighted by Gasteiger charge is -2.24.